The van der Waals surface area contributed by atoms with E-state index in [9.17, 15) is 23.2 Å². The number of nitrogens with one attached hydrogen (secondary N) is 1. The van der Waals surface area contributed by atoms with Crippen molar-refractivity contribution in [1.29, 1.82) is 0 Å². The Bertz CT molecular complexity index is 1660. The zero-order valence-electron chi connectivity index (χ0n) is 25.0. The molecule has 2 aliphatic rings. The predicted octanol–water partition coefficient (Wildman–Crippen LogP) is 5.19. The predicted molar refractivity (Wildman–Crippen MR) is 178 cm³/mol. The van der Waals surface area contributed by atoms with Crippen molar-refractivity contribution in [3.8, 4) is 16.9 Å². The van der Waals surface area contributed by atoms with Crippen molar-refractivity contribution in [2.24, 2.45) is 0 Å². The molecule has 2 fully saturated rings. The number of piperazine rings is 1. The number of anilines is 1. The van der Waals surface area contributed by atoms with E-state index in [2.05, 4.69) is 22.2 Å². The normalized spacial score (nSPS) is 16.7. The molecule has 9 nitrogen and oxygen atoms in total. The van der Waals surface area contributed by atoms with Gasteiger partial charge in [0.1, 0.15) is 28.3 Å². The third-order valence-corrected chi connectivity index (χ3v) is 8.98. The van der Waals surface area contributed by atoms with E-state index >= 15 is 0 Å². The van der Waals surface area contributed by atoms with Gasteiger partial charge in [-0.1, -0.05) is 30.0 Å². The molecule has 0 unspecified atom stereocenters. The summed E-state index contributed by atoms with van der Waals surface area (Å²) in [4.78, 5) is 43.3. The maximum absolute atomic E-state index is 14.0. The molecule has 0 aromatic heterocycles. The highest BCUT2D eigenvalue weighted by Crippen LogP contribution is 2.36. The molecule has 0 radical (unpaired) electrons. The maximum Gasteiger partial charge on any atom is 0.335 e. The van der Waals surface area contributed by atoms with E-state index in [0.29, 0.717) is 39.6 Å². The maximum atomic E-state index is 14.0. The van der Waals surface area contributed by atoms with Crippen molar-refractivity contribution in [3.05, 3.63) is 88.3 Å². The molecule has 2 aliphatic heterocycles. The molecule has 3 aromatic carbocycles. The fraction of sp³-hybridized carbons (Fsp3) is 0.273. The van der Waals surface area contributed by atoms with Gasteiger partial charge in [-0.25, -0.2) is 13.6 Å². The van der Waals surface area contributed by atoms with Gasteiger partial charge in [0.2, 0.25) is 5.91 Å². The number of halogens is 2. The SMILES string of the molecule is CN1CCN(CCOc2ccc(-c3cc(F)cc(F)c3)cc2/C=C2\SC(=S)N(CCC(=O)Nc3ccc(C(=O)O)cc3)C2=O)CC1. The van der Waals surface area contributed by atoms with Crippen LogP contribution in [0.1, 0.15) is 22.3 Å². The number of thioether (sulfide) groups is 1. The highest BCUT2D eigenvalue weighted by atomic mass is 32.2. The van der Waals surface area contributed by atoms with Crippen LogP contribution in [0.4, 0.5) is 14.5 Å². The van der Waals surface area contributed by atoms with Crippen LogP contribution in [-0.2, 0) is 9.59 Å². The fourth-order valence-electron chi connectivity index (χ4n) is 5.02. The number of hydrogen-bond acceptors (Lipinski definition) is 8. The minimum atomic E-state index is -1.07. The number of aromatic carboxylic acids is 1. The second kappa shape index (κ2) is 14.9. The Labute approximate surface area is 274 Å². The summed E-state index contributed by atoms with van der Waals surface area (Å²) in [6, 6.07) is 14.2. The third-order valence-electron chi connectivity index (χ3n) is 7.60. The molecule has 0 spiro atoms. The van der Waals surface area contributed by atoms with E-state index in [4.69, 9.17) is 22.1 Å². The van der Waals surface area contributed by atoms with Gasteiger partial charge >= 0.3 is 5.97 Å². The number of ether oxygens (including phenoxy) is 1. The quantitative estimate of drug-likeness (QED) is 0.212. The van der Waals surface area contributed by atoms with Crippen molar-refractivity contribution < 1.29 is 33.0 Å². The fourth-order valence-corrected chi connectivity index (χ4v) is 6.32. The summed E-state index contributed by atoms with van der Waals surface area (Å²) in [5.74, 6) is -2.71. The average Bonchev–Trinajstić information content (AvgIpc) is 3.28. The van der Waals surface area contributed by atoms with Crippen molar-refractivity contribution in [3.63, 3.8) is 0 Å². The summed E-state index contributed by atoms with van der Waals surface area (Å²) in [5.41, 5.74) is 1.95. The van der Waals surface area contributed by atoms with E-state index in [1.807, 2.05) is 0 Å². The Morgan fingerprint density at radius 3 is 2.35 bits per heavy atom. The minimum Gasteiger partial charge on any atom is -0.492 e. The first-order valence-corrected chi connectivity index (χ1v) is 15.8. The number of rotatable bonds is 11. The van der Waals surface area contributed by atoms with Crippen LogP contribution in [0.2, 0.25) is 0 Å². The number of carboxylic acids is 1. The van der Waals surface area contributed by atoms with Crippen LogP contribution in [0.5, 0.6) is 5.75 Å². The molecule has 0 atom stereocenters. The first-order chi connectivity index (χ1) is 22.0. The lowest BCUT2D eigenvalue weighted by Crippen LogP contribution is -2.45. The molecule has 0 aliphatic carbocycles. The molecule has 240 valence electrons. The summed E-state index contributed by atoms with van der Waals surface area (Å²) >= 11 is 6.55. The van der Waals surface area contributed by atoms with Crippen molar-refractivity contribution in [2.75, 3.05) is 58.2 Å². The van der Waals surface area contributed by atoms with Gasteiger partial charge in [0.05, 0.1) is 10.5 Å². The van der Waals surface area contributed by atoms with Gasteiger partial charge in [-0.15, -0.1) is 0 Å². The van der Waals surface area contributed by atoms with Crippen LogP contribution < -0.4 is 10.1 Å². The average molecular weight is 667 g/mol. The molecule has 2 saturated heterocycles. The second-order valence-corrected chi connectivity index (χ2v) is 12.6. The number of carbonyl (C=O) groups is 3. The standard InChI is InChI=1S/C33H32F2N4O5S2/c1-37-10-12-38(13-11-37)14-15-44-28-7-4-22(23-17-25(34)20-26(35)18-23)16-24(28)19-29-31(41)39(33(45)46-29)9-8-30(40)36-27-5-2-21(3-6-27)32(42)43/h2-7,16-20H,8-15H2,1H3,(H,36,40)(H,42,43)/b29-19-. The third kappa shape index (κ3) is 8.55. The van der Waals surface area contributed by atoms with Crippen molar-refractivity contribution in [1.82, 2.24) is 14.7 Å². The van der Waals surface area contributed by atoms with E-state index in [1.54, 1.807) is 24.3 Å². The van der Waals surface area contributed by atoms with Gasteiger partial charge in [-0.2, -0.15) is 0 Å². The van der Waals surface area contributed by atoms with Gasteiger partial charge in [0.15, 0.2) is 0 Å². The lowest BCUT2D eigenvalue weighted by atomic mass is 10.0. The number of nitrogens with zero attached hydrogens (tertiary/aromatic N) is 3. The number of hydrogen-bond donors (Lipinski definition) is 2. The monoisotopic (exact) mass is 666 g/mol. The Morgan fingerprint density at radius 1 is 0.978 bits per heavy atom. The minimum absolute atomic E-state index is 0.0397. The lowest BCUT2D eigenvalue weighted by molar-refractivity contribution is -0.122. The van der Waals surface area contributed by atoms with E-state index in [-0.39, 0.29) is 34.7 Å². The van der Waals surface area contributed by atoms with Gasteiger partial charge in [-0.3, -0.25) is 19.4 Å². The Kier molecular flexibility index (Phi) is 10.8. The zero-order valence-corrected chi connectivity index (χ0v) is 26.6. The number of benzene rings is 3. The number of carboxylic acid groups (broad SMARTS) is 1. The van der Waals surface area contributed by atoms with Gasteiger partial charge in [-0.05, 0) is 72.8 Å². The summed E-state index contributed by atoms with van der Waals surface area (Å²) < 4.78 is 34.5. The van der Waals surface area contributed by atoms with E-state index in [0.717, 1.165) is 50.6 Å². The first-order valence-electron chi connectivity index (χ1n) is 14.6. The Hall–Kier alpha value is -4.17. The van der Waals surface area contributed by atoms with Crippen LogP contribution in [0, 0.1) is 11.6 Å². The summed E-state index contributed by atoms with van der Waals surface area (Å²) in [7, 11) is 2.09. The molecule has 5 rings (SSSR count). The molecule has 13 heteroatoms. The lowest BCUT2D eigenvalue weighted by Gasteiger charge is -2.32. The van der Waals surface area contributed by atoms with Gasteiger partial charge < -0.3 is 20.1 Å². The van der Waals surface area contributed by atoms with Gasteiger partial charge in [0, 0.05) is 63.0 Å². The highest BCUT2D eigenvalue weighted by Gasteiger charge is 2.32. The summed E-state index contributed by atoms with van der Waals surface area (Å²) in [5, 5.41) is 11.7. The summed E-state index contributed by atoms with van der Waals surface area (Å²) in [6.45, 7) is 5.01. The van der Waals surface area contributed by atoms with Crippen LogP contribution in [-0.4, -0.2) is 94.8 Å². The zero-order chi connectivity index (χ0) is 32.8. The van der Waals surface area contributed by atoms with Crippen LogP contribution >= 0.6 is 24.0 Å². The summed E-state index contributed by atoms with van der Waals surface area (Å²) in [6.07, 6.45) is 1.61. The van der Waals surface area contributed by atoms with Gasteiger partial charge in [0.25, 0.3) is 5.91 Å². The molecule has 0 saturated carbocycles. The molecular formula is C33H32F2N4O5S2. The Morgan fingerprint density at radius 2 is 1.67 bits per heavy atom. The smallest absolute Gasteiger partial charge is 0.335 e. The molecule has 0 bridgehead atoms. The van der Waals surface area contributed by atoms with E-state index < -0.39 is 17.6 Å². The number of likely N-dealkylation sites (N-methyl/N-ethyl adjacent to an activating group) is 1. The molecule has 2 N–H and O–H groups in total. The first kappa shape index (κ1) is 33.2. The largest absolute Gasteiger partial charge is 0.492 e. The molecule has 2 amide bonds. The van der Waals surface area contributed by atoms with Crippen molar-refractivity contribution in [2.45, 2.75) is 6.42 Å². The Balaban J connectivity index is 1.30. The van der Waals surface area contributed by atoms with Crippen molar-refractivity contribution >= 4 is 57.8 Å². The number of thiocarbonyl (C=S) groups is 1. The highest BCUT2D eigenvalue weighted by molar-refractivity contribution is 8.26. The van der Waals surface area contributed by atoms with Crippen LogP contribution in [0.25, 0.3) is 17.2 Å². The number of carbonyl (C=O) groups excluding carboxylic acids is 2. The van der Waals surface area contributed by atoms with E-state index in [1.165, 1.54) is 41.3 Å². The molecular weight excluding hydrogens is 635 g/mol. The molecule has 3 aromatic rings. The van der Waals surface area contributed by atoms with Crippen LogP contribution in [0.15, 0.2) is 65.6 Å². The molecule has 2 heterocycles. The number of amides is 2. The van der Waals surface area contributed by atoms with Crippen LogP contribution in [0.3, 0.4) is 0 Å². The second-order valence-electron chi connectivity index (χ2n) is 10.9. The topological polar surface area (TPSA) is 102 Å². The molecule has 46 heavy (non-hydrogen) atoms.